The molecule has 6 nitrogen and oxygen atoms in total. The van der Waals surface area contributed by atoms with E-state index in [0.29, 0.717) is 5.02 Å². The van der Waals surface area contributed by atoms with Gasteiger partial charge in [0.15, 0.2) is 17.1 Å². The van der Waals surface area contributed by atoms with Crippen molar-refractivity contribution in [2.24, 2.45) is 28.6 Å². The van der Waals surface area contributed by atoms with Crippen LogP contribution in [0.1, 0.15) is 45.6 Å². The second-order valence-corrected chi connectivity index (χ2v) is 13.5. The number of ketones is 1. The molecule has 4 aliphatic carbocycles. The zero-order valence-electron chi connectivity index (χ0n) is 24.4. The zero-order chi connectivity index (χ0) is 31.8. The molecule has 12 heteroatoms. The zero-order valence-corrected chi connectivity index (χ0v) is 25.1. The summed E-state index contributed by atoms with van der Waals surface area (Å²) in [5, 5.41) is 15.5. The molecular weight excluding hydrogens is 595 g/mol. The predicted molar refractivity (Wildman–Crippen MR) is 149 cm³/mol. The number of hydrogen-bond acceptors (Lipinski definition) is 5. The van der Waals surface area contributed by atoms with Crippen molar-refractivity contribution in [3.63, 3.8) is 0 Å². The summed E-state index contributed by atoms with van der Waals surface area (Å²) in [5.74, 6) is -4.13. The molecule has 9 atom stereocenters. The van der Waals surface area contributed by atoms with Crippen molar-refractivity contribution < 1.29 is 41.5 Å². The Balaban J connectivity index is 1.57. The Morgan fingerprint density at radius 1 is 1.19 bits per heavy atom. The molecule has 2 N–H and O–H groups in total. The lowest BCUT2D eigenvalue weighted by molar-refractivity contribution is -0.296. The Hall–Kier alpha value is -2.34. The van der Waals surface area contributed by atoms with E-state index in [9.17, 15) is 27.9 Å². The normalized spacial score (nSPS) is 40.5. The molecule has 236 valence electrons. The fourth-order valence-corrected chi connectivity index (χ4v) is 8.81. The topological polar surface area (TPSA) is 78.9 Å². The minimum Gasteiger partial charge on any atom is -0.390 e. The van der Waals surface area contributed by atoms with Gasteiger partial charge in [0.05, 0.1) is 6.10 Å². The molecule has 3 saturated carbocycles. The van der Waals surface area contributed by atoms with Crippen molar-refractivity contribution in [1.82, 2.24) is 10.4 Å². The van der Waals surface area contributed by atoms with E-state index in [-0.39, 0.29) is 31.4 Å². The van der Waals surface area contributed by atoms with Crippen LogP contribution in [0.4, 0.5) is 22.0 Å². The fourth-order valence-electron chi connectivity index (χ4n) is 8.68. The molecular formula is C31H36ClF5N2O4. The van der Waals surface area contributed by atoms with E-state index in [1.165, 1.54) is 31.2 Å². The minimum atomic E-state index is -4.71. The molecule has 43 heavy (non-hydrogen) atoms. The first-order valence-electron chi connectivity index (χ1n) is 14.3. The Labute approximate surface area is 252 Å². The summed E-state index contributed by atoms with van der Waals surface area (Å²) in [4.78, 5) is 32.5. The molecule has 0 spiro atoms. The van der Waals surface area contributed by atoms with Crippen LogP contribution in [0.5, 0.6) is 0 Å². The largest absolute Gasteiger partial charge is 0.405 e. The number of hydrogen-bond donors (Lipinski definition) is 2. The van der Waals surface area contributed by atoms with Gasteiger partial charge >= 0.3 is 6.18 Å². The Morgan fingerprint density at radius 3 is 2.47 bits per heavy atom. The molecule has 1 amide bonds. The minimum absolute atomic E-state index is 0.0411. The number of carbonyl (C=O) groups excluding carboxylic acids is 2. The highest BCUT2D eigenvalue weighted by Gasteiger charge is 2.78. The summed E-state index contributed by atoms with van der Waals surface area (Å²) in [6, 6.07) is 6.80. The maximum atomic E-state index is 17.6. The monoisotopic (exact) mass is 630 g/mol. The van der Waals surface area contributed by atoms with Crippen molar-refractivity contribution in [3.05, 3.63) is 58.7 Å². The molecule has 5 rings (SSSR count). The van der Waals surface area contributed by atoms with Gasteiger partial charge in [-0.25, -0.2) is 8.78 Å². The van der Waals surface area contributed by atoms with Crippen LogP contribution in [0.15, 0.2) is 48.1 Å². The van der Waals surface area contributed by atoms with Crippen LogP contribution >= 0.6 is 11.6 Å². The first-order chi connectivity index (χ1) is 19.9. The molecule has 4 aliphatic rings. The highest BCUT2D eigenvalue weighted by molar-refractivity contribution is 6.30. The average molecular weight is 631 g/mol. The number of fused-ring (bicyclic) bond motifs is 5. The van der Waals surface area contributed by atoms with Gasteiger partial charge in [-0.05, 0) is 73.4 Å². The fraction of sp³-hybridized carbons (Fsp3) is 0.613. The third-order valence-electron chi connectivity index (χ3n) is 10.6. The van der Waals surface area contributed by atoms with E-state index in [2.05, 4.69) is 0 Å². The van der Waals surface area contributed by atoms with Gasteiger partial charge in [-0.1, -0.05) is 43.7 Å². The molecule has 1 aromatic carbocycles. The van der Waals surface area contributed by atoms with Gasteiger partial charge in [0, 0.05) is 35.4 Å². The second-order valence-electron chi connectivity index (χ2n) is 13.0. The molecule has 0 saturated heterocycles. The number of hydroxylamine groups is 2. The third kappa shape index (κ3) is 4.85. The quantitative estimate of drug-likeness (QED) is 0.312. The van der Waals surface area contributed by atoms with Gasteiger partial charge in [-0.15, -0.1) is 0 Å². The summed E-state index contributed by atoms with van der Waals surface area (Å²) in [7, 11) is 1.54. The lowest BCUT2D eigenvalue weighted by Crippen LogP contribution is -2.72. The summed E-state index contributed by atoms with van der Waals surface area (Å²) in [5.41, 5.74) is -6.70. The van der Waals surface area contributed by atoms with E-state index in [0.717, 1.165) is 11.6 Å². The van der Waals surface area contributed by atoms with Crippen LogP contribution in [0.2, 0.25) is 5.02 Å². The molecule has 0 radical (unpaired) electrons. The number of nitrogens with one attached hydrogen (secondary N) is 1. The number of aliphatic hydroxyl groups is 1. The van der Waals surface area contributed by atoms with Crippen LogP contribution in [-0.4, -0.2) is 65.2 Å². The third-order valence-corrected chi connectivity index (χ3v) is 10.8. The van der Waals surface area contributed by atoms with Crippen molar-refractivity contribution in [2.45, 2.75) is 76.3 Å². The number of amides is 1. The molecule has 0 bridgehead atoms. The van der Waals surface area contributed by atoms with E-state index < -0.39 is 76.5 Å². The number of alkyl halides is 5. The average Bonchev–Trinajstić information content (AvgIpc) is 3.13. The van der Waals surface area contributed by atoms with Gasteiger partial charge < -0.3 is 10.4 Å². The van der Waals surface area contributed by atoms with Gasteiger partial charge in [-0.3, -0.25) is 14.4 Å². The molecule has 0 unspecified atom stereocenters. The van der Waals surface area contributed by atoms with Gasteiger partial charge in [0.25, 0.3) is 5.91 Å². The summed E-state index contributed by atoms with van der Waals surface area (Å²) in [6.45, 7) is 3.26. The molecule has 0 aromatic heterocycles. The number of allylic oxidation sites excluding steroid dienone is 4. The maximum absolute atomic E-state index is 17.6. The highest BCUT2D eigenvalue weighted by atomic mass is 35.5. The molecule has 3 fully saturated rings. The number of aliphatic hydroxyl groups excluding tert-OH is 1. The highest BCUT2D eigenvalue weighted by Crippen LogP contribution is 2.71. The van der Waals surface area contributed by atoms with Crippen molar-refractivity contribution in [3.8, 4) is 0 Å². The van der Waals surface area contributed by atoms with Gasteiger partial charge in [-0.2, -0.15) is 18.2 Å². The lowest BCUT2D eigenvalue weighted by atomic mass is 9.44. The van der Waals surface area contributed by atoms with E-state index in [1.54, 1.807) is 38.1 Å². The Morgan fingerprint density at radius 2 is 1.84 bits per heavy atom. The molecule has 0 aliphatic heterocycles. The van der Waals surface area contributed by atoms with Crippen LogP contribution in [0, 0.1) is 28.6 Å². The second kappa shape index (κ2) is 10.6. The van der Waals surface area contributed by atoms with Crippen LogP contribution in [-0.2, 0) is 21.0 Å². The first-order valence-corrected chi connectivity index (χ1v) is 14.7. The van der Waals surface area contributed by atoms with Crippen molar-refractivity contribution >= 4 is 23.3 Å². The number of carbonyl (C=O) groups is 2. The lowest BCUT2D eigenvalue weighted by Gasteiger charge is -2.63. The standard InChI is InChI=1S/C31H36ClF5N2O4/c1-17-11-21-22-13-24(33)23-12-20(40)9-10-27(23,2)30(22,37)25(41)14-28(21,3)31(17,26(42)38-16-29(34,35)36)43-39(4)15-18-5-7-19(32)8-6-18/h5-10,12,17,21-22,24-25,41H,11,13-16H2,1-4H3,(H,38,42)/t17-,21+,22+,24+,25+,27+,28+,30+,31+/m1/s1. The number of benzene rings is 1. The van der Waals surface area contributed by atoms with Crippen molar-refractivity contribution in [1.29, 1.82) is 0 Å². The Bertz CT molecular complexity index is 1350. The van der Waals surface area contributed by atoms with Gasteiger partial charge in [0.2, 0.25) is 0 Å². The number of halogens is 6. The molecule has 0 heterocycles. The van der Waals surface area contributed by atoms with Gasteiger partial charge in [0.1, 0.15) is 12.7 Å². The van der Waals surface area contributed by atoms with Crippen LogP contribution in [0.3, 0.4) is 0 Å². The summed E-state index contributed by atoms with van der Waals surface area (Å²) < 4.78 is 73.3. The maximum Gasteiger partial charge on any atom is 0.405 e. The Kier molecular flexibility index (Phi) is 7.93. The number of rotatable bonds is 6. The van der Waals surface area contributed by atoms with Crippen LogP contribution in [0.25, 0.3) is 0 Å². The summed E-state index contributed by atoms with van der Waals surface area (Å²) >= 11 is 5.99. The van der Waals surface area contributed by atoms with E-state index in [4.69, 9.17) is 16.4 Å². The molecule has 1 aromatic rings. The summed E-state index contributed by atoms with van der Waals surface area (Å²) in [6.07, 6.45) is -5.14. The smallest absolute Gasteiger partial charge is 0.390 e. The number of nitrogens with zero attached hydrogens (tertiary/aromatic N) is 1. The first kappa shape index (κ1) is 32.1. The van der Waals surface area contributed by atoms with Crippen LogP contribution < -0.4 is 5.32 Å². The van der Waals surface area contributed by atoms with Crippen molar-refractivity contribution in [2.75, 3.05) is 13.6 Å². The SMILES string of the molecule is C[C@@H]1C[C@H]2[C@@H]3C[C@H](F)C4=CC(=O)C=C[C@]4(C)[C@@]3(F)[C@@H](O)C[C@]2(C)[C@@]1(ON(C)Cc1ccc(Cl)cc1)C(=O)NCC(F)(F)F. The van der Waals surface area contributed by atoms with E-state index in [1.807, 2.05) is 5.32 Å². The predicted octanol–water partition coefficient (Wildman–Crippen LogP) is 5.69. The van der Waals surface area contributed by atoms with E-state index >= 15 is 8.78 Å².